The molecule has 1 N–H and O–H groups in total. The van der Waals surface area contributed by atoms with Gasteiger partial charge in [-0.25, -0.2) is 4.39 Å². The van der Waals surface area contributed by atoms with Crippen molar-refractivity contribution in [1.29, 1.82) is 0 Å². The van der Waals surface area contributed by atoms with E-state index in [1.54, 1.807) is 0 Å². The first-order valence-electron chi connectivity index (χ1n) is 14.5. The number of carbonyl (C=O) groups is 2. The van der Waals surface area contributed by atoms with Gasteiger partial charge in [0.2, 0.25) is 5.91 Å². The molecule has 2 aliphatic rings. The van der Waals surface area contributed by atoms with Gasteiger partial charge in [0.05, 0.1) is 0 Å². The highest BCUT2D eigenvalue weighted by molar-refractivity contribution is 5.81. The van der Waals surface area contributed by atoms with Crippen molar-refractivity contribution in [3.05, 3.63) is 77.4 Å². The van der Waals surface area contributed by atoms with Gasteiger partial charge < -0.3 is 14.8 Å². The number of Topliss-reactive ketones (excluding diaryl/α,β-unsaturated/α-hetero) is 1. The number of ether oxygens (including phenoxy) is 2. The Morgan fingerprint density at radius 3 is 2.41 bits per heavy atom. The molecule has 4 rings (SSSR count). The molecule has 1 amide bonds. The molecular formula is C33H42FNO4. The zero-order valence-corrected chi connectivity index (χ0v) is 22.9. The first-order chi connectivity index (χ1) is 19.0. The summed E-state index contributed by atoms with van der Waals surface area (Å²) in [6.45, 7) is 1.85. The Bertz CT molecular complexity index is 1060. The second-order valence-corrected chi connectivity index (χ2v) is 10.9. The molecule has 0 radical (unpaired) electrons. The number of amides is 1. The lowest BCUT2D eigenvalue weighted by Crippen LogP contribution is -2.37. The van der Waals surface area contributed by atoms with Crippen LogP contribution in [-0.2, 0) is 27.4 Å². The molecule has 2 aromatic rings. The third kappa shape index (κ3) is 10.2. The molecule has 1 heterocycles. The first-order valence-corrected chi connectivity index (χ1v) is 14.5. The van der Waals surface area contributed by atoms with Gasteiger partial charge in [-0.15, -0.1) is 0 Å². The summed E-state index contributed by atoms with van der Waals surface area (Å²) in [5.41, 5.74) is 3.30. The fourth-order valence-electron chi connectivity index (χ4n) is 5.45. The van der Waals surface area contributed by atoms with Crippen LogP contribution in [0.4, 0.5) is 4.39 Å². The summed E-state index contributed by atoms with van der Waals surface area (Å²) in [6.07, 6.45) is 8.43. The van der Waals surface area contributed by atoms with E-state index in [0.717, 1.165) is 48.1 Å². The maximum atomic E-state index is 14.0. The van der Waals surface area contributed by atoms with Gasteiger partial charge in [0.15, 0.2) is 0 Å². The number of carbonyl (C=O) groups excluding carboxylic acids is 2. The number of allylic oxidation sites excluding steroid dienone is 1. The van der Waals surface area contributed by atoms with E-state index < -0.39 is 6.17 Å². The zero-order valence-electron chi connectivity index (χ0n) is 22.9. The van der Waals surface area contributed by atoms with Crippen LogP contribution in [0.15, 0.2) is 66.2 Å². The second-order valence-electron chi connectivity index (χ2n) is 10.9. The van der Waals surface area contributed by atoms with Gasteiger partial charge in [0.1, 0.15) is 24.3 Å². The molecule has 6 heteroatoms. The summed E-state index contributed by atoms with van der Waals surface area (Å²) in [5, 5.41) is 3.21. The molecule has 210 valence electrons. The van der Waals surface area contributed by atoms with Crippen LogP contribution >= 0.6 is 0 Å². The van der Waals surface area contributed by atoms with Gasteiger partial charge in [-0.1, -0.05) is 54.1 Å². The highest BCUT2D eigenvalue weighted by Gasteiger charge is 2.22. The SMILES string of the molecule is O=C(CCCCC(=O)C1CCOCC1)N[C@H](CC1=CCC[C@@H](F)C1)Cc1ccc(OCc2ccccc2)cc1. The van der Waals surface area contributed by atoms with Crippen molar-refractivity contribution in [2.75, 3.05) is 13.2 Å². The van der Waals surface area contributed by atoms with Crippen LogP contribution in [0.2, 0.25) is 0 Å². The Kier molecular flexibility index (Phi) is 11.6. The van der Waals surface area contributed by atoms with Crippen LogP contribution in [0.3, 0.4) is 0 Å². The van der Waals surface area contributed by atoms with Crippen molar-refractivity contribution in [3.8, 4) is 5.75 Å². The van der Waals surface area contributed by atoms with E-state index >= 15 is 0 Å². The average molecular weight is 536 g/mol. The molecule has 0 aromatic heterocycles. The van der Waals surface area contributed by atoms with E-state index in [0.29, 0.717) is 70.5 Å². The second kappa shape index (κ2) is 15.6. The van der Waals surface area contributed by atoms with E-state index in [2.05, 4.69) is 11.4 Å². The molecule has 39 heavy (non-hydrogen) atoms. The molecule has 1 aliphatic heterocycles. The molecule has 5 nitrogen and oxygen atoms in total. The zero-order chi connectivity index (χ0) is 27.3. The smallest absolute Gasteiger partial charge is 0.220 e. The Morgan fingerprint density at radius 1 is 0.923 bits per heavy atom. The minimum Gasteiger partial charge on any atom is -0.489 e. The predicted octanol–water partition coefficient (Wildman–Crippen LogP) is 6.69. The van der Waals surface area contributed by atoms with Crippen LogP contribution in [0.5, 0.6) is 5.75 Å². The first kappa shape index (κ1) is 29.0. The summed E-state index contributed by atoms with van der Waals surface area (Å²) in [7, 11) is 0. The molecule has 2 atom stereocenters. The third-order valence-corrected chi connectivity index (χ3v) is 7.68. The van der Waals surface area contributed by atoms with Crippen LogP contribution in [-0.4, -0.2) is 37.1 Å². The van der Waals surface area contributed by atoms with E-state index in [1.807, 2.05) is 54.6 Å². The lowest BCUT2D eigenvalue weighted by Gasteiger charge is -2.24. The Balaban J connectivity index is 1.26. The topological polar surface area (TPSA) is 64.6 Å². The number of nitrogens with one attached hydrogen (secondary N) is 1. The Hall–Kier alpha value is -2.99. The van der Waals surface area contributed by atoms with Gasteiger partial charge in [0.25, 0.3) is 0 Å². The number of hydrogen-bond acceptors (Lipinski definition) is 4. The maximum Gasteiger partial charge on any atom is 0.220 e. The number of benzene rings is 2. The molecular weight excluding hydrogens is 493 g/mol. The van der Waals surface area contributed by atoms with Crippen molar-refractivity contribution < 1.29 is 23.5 Å². The molecule has 0 unspecified atom stereocenters. The number of rotatable bonds is 14. The monoisotopic (exact) mass is 535 g/mol. The molecule has 1 saturated heterocycles. The maximum absolute atomic E-state index is 14.0. The Labute approximate surface area is 232 Å². The number of unbranched alkanes of at least 4 members (excludes halogenated alkanes) is 1. The van der Waals surface area contributed by atoms with Gasteiger partial charge in [0, 0.05) is 38.0 Å². The largest absolute Gasteiger partial charge is 0.489 e. The summed E-state index contributed by atoms with van der Waals surface area (Å²) in [4.78, 5) is 25.3. The predicted molar refractivity (Wildman–Crippen MR) is 151 cm³/mol. The fourth-order valence-corrected chi connectivity index (χ4v) is 5.45. The third-order valence-electron chi connectivity index (χ3n) is 7.68. The van der Waals surface area contributed by atoms with Crippen molar-refractivity contribution in [2.24, 2.45) is 5.92 Å². The quantitative estimate of drug-likeness (QED) is 0.216. The molecule has 0 spiro atoms. The van der Waals surface area contributed by atoms with Gasteiger partial charge in [-0.2, -0.15) is 0 Å². The normalized spacial score (nSPS) is 18.7. The van der Waals surface area contributed by atoms with Crippen molar-refractivity contribution >= 4 is 11.7 Å². The van der Waals surface area contributed by atoms with Crippen molar-refractivity contribution in [3.63, 3.8) is 0 Å². The van der Waals surface area contributed by atoms with E-state index in [9.17, 15) is 14.0 Å². The highest BCUT2D eigenvalue weighted by atomic mass is 19.1. The molecule has 1 fully saturated rings. The fraction of sp³-hybridized carbons (Fsp3) is 0.515. The van der Waals surface area contributed by atoms with Gasteiger partial charge >= 0.3 is 0 Å². The summed E-state index contributed by atoms with van der Waals surface area (Å²) in [5.74, 6) is 1.22. The molecule has 2 aromatic carbocycles. The standard InChI is InChI=1S/C33H42FNO4/c34-29-10-6-9-27(21-29)23-30(35-33(37)12-5-4-11-32(36)28-17-19-38-20-18-28)22-25-13-15-31(16-14-25)39-24-26-7-2-1-3-8-26/h1-3,7-9,13-16,28-30H,4-6,10-12,17-24H2,(H,35,37)/t29-,30+/m1/s1. The molecule has 1 aliphatic carbocycles. The van der Waals surface area contributed by atoms with Crippen LogP contribution in [0.25, 0.3) is 0 Å². The summed E-state index contributed by atoms with van der Waals surface area (Å²) >= 11 is 0. The minimum absolute atomic E-state index is 0.00506. The summed E-state index contributed by atoms with van der Waals surface area (Å²) in [6, 6.07) is 17.9. The lowest BCUT2D eigenvalue weighted by atomic mass is 9.90. The van der Waals surface area contributed by atoms with Crippen LogP contribution in [0.1, 0.15) is 75.3 Å². The van der Waals surface area contributed by atoms with Gasteiger partial charge in [-0.05, 0) is 81.0 Å². The lowest BCUT2D eigenvalue weighted by molar-refractivity contribution is -0.126. The van der Waals surface area contributed by atoms with E-state index in [1.165, 1.54) is 0 Å². The number of ketones is 1. The number of halogens is 1. The van der Waals surface area contributed by atoms with Crippen molar-refractivity contribution in [1.82, 2.24) is 5.32 Å². The van der Waals surface area contributed by atoms with Crippen LogP contribution in [0, 0.1) is 5.92 Å². The minimum atomic E-state index is -0.796. The van der Waals surface area contributed by atoms with Crippen molar-refractivity contribution in [2.45, 2.75) is 89.4 Å². The van der Waals surface area contributed by atoms with Crippen LogP contribution < -0.4 is 10.1 Å². The molecule has 0 saturated carbocycles. The molecule has 0 bridgehead atoms. The summed E-state index contributed by atoms with van der Waals surface area (Å²) < 4.78 is 25.3. The Morgan fingerprint density at radius 2 is 1.67 bits per heavy atom. The van der Waals surface area contributed by atoms with E-state index in [4.69, 9.17) is 9.47 Å². The highest BCUT2D eigenvalue weighted by Crippen LogP contribution is 2.26. The average Bonchev–Trinajstić information content (AvgIpc) is 2.96. The number of alkyl halides is 1. The number of hydrogen-bond donors (Lipinski definition) is 1. The van der Waals surface area contributed by atoms with Gasteiger partial charge in [-0.3, -0.25) is 9.59 Å². The van der Waals surface area contributed by atoms with E-state index in [-0.39, 0.29) is 17.9 Å².